The topological polar surface area (TPSA) is 58.6 Å². The van der Waals surface area contributed by atoms with Gasteiger partial charge in [-0.05, 0) is 43.5 Å². The van der Waals surface area contributed by atoms with Gasteiger partial charge in [-0.3, -0.25) is 9.69 Å². The summed E-state index contributed by atoms with van der Waals surface area (Å²) in [5.41, 5.74) is 1.87. The van der Waals surface area contributed by atoms with Crippen molar-refractivity contribution in [2.75, 3.05) is 13.2 Å². The van der Waals surface area contributed by atoms with Crippen LogP contribution in [-0.4, -0.2) is 30.0 Å². The molecule has 0 bridgehead atoms. The largest absolute Gasteiger partial charge is 0.491 e. The van der Waals surface area contributed by atoms with Gasteiger partial charge >= 0.3 is 6.03 Å². The summed E-state index contributed by atoms with van der Waals surface area (Å²) >= 11 is 0. The van der Waals surface area contributed by atoms with Crippen molar-refractivity contribution in [3.05, 3.63) is 65.2 Å². The molecular formula is C20H22N2O3. The maximum absolute atomic E-state index is 12.8. The molecular weight excluding hydrogens is 316 g/mol. The van der Waals surface area contributed by atoms with Gasteiger partial charge in [-0.15, -0.1) is 0 Å². The summed E-state index contributed by atoms with van der Waals surface area (Å²) in [6.07, 6.45) is 0. The summed E-state index contributed by atoms with van der Waals surface area (Å²) in [4.78, 5) is 26.3. The van der Waals surface area contributed by atoms with Gasteiger partial charge < -0.3 is 10.1 Å². The lowest BCUT2D eigenvalue weighted by molar-refractivity contribution is -0.131. The van der Waals surface area contributed by atoms with Crippen molar-refractivity contribution in [2.45, 2.75) is 26.3 Å². The van der Waals surface area contributed by atoms with E-state index in [1.54, 1.807) is 6.92 Å². The van der Waals surface area contributed by atoms with Gasteiger partial charge in [0.15, 0.2) is 0 Å². The average Bonchev–Trinajstić information content (AvgIpc) is 2.83. The maximum atomic E-state index is 12.8. The molecule has 0 aromatic heterocycles. The van der Waals surface area contributed by atoms with Crippen LogP contribution in [0.3, 0.4) is 0 Å². The first kappa shape index (κ1) is 17.0. The van der Waals surface area contributed by atoms with E-state index >= 15 is 0 Å². The van der Waals surface area contributed by atoms with Gasteiger partial charge in [0.2, 0.25) is 0 Å². The average molecular weight is 338 g/mol. The molecule has 1 heterocycles. The fraction of sp³-hybridized carbons (Fsp3) is 0.300. The van der Waals surface area contributed by atoms with E-state index in [4.69, 9.17) is 4.74 Å². The third-order valence-electron chi connectivity index (χ3n) is 4.54. The van der Waals surface area contributed by atoms with E-state index in [0.29, 0.717) is 0 Å². The monoisotopic (exact) mass is 338 g/mol. The van der Waals surface area contributed by atoms with E-state index in [2.05, 4.69) is 5.32 Å². The molecule has 1 aliphatic heterocycles. The molecule has 1 aliphatic rings. The summed E-state index contributed by atoms with van der Waals surface area (Å²) in [5.74, 6) is 0.520. The normalized spacial score (nSPS) is 19.9. The highest BCUT2D eigenvalue weighted by atomic mass is 16.5. The summed E-state index contributed by atoms with van der Waals surface area (Å²) in [7, 11) is 0. The summed E-state index contributed by atoms with van der Waals surface area (Å²) in [6.45, 7) is 6.16. The van der Waals surface area contributed by atoms with E-state index in [1.165, 1.54) is 4.90 Å². The van der Waals surface area contributed by atoms with Crippen molar-refractivity contribution in [3.63, 3.8) is 0 Å². The van der Waals surface area contributed by atoms with Crippen molar-refractivity contribution in [1.82, 2.24) is 10.2 Å². The molecule has 2 aromatic rings. The molecule has 0 spiro atoms. The Kier molecular flexibility index (Phi) is 4.49. The molecule has 0 saturated carbocycles. The molecule has 5 nitrogen and oxygen atoms in total. The summed E-state index contributed by atoms with van der Waals surface area (Å²) in [6, 6.07) is 14.8. The Bertz CT molecular complexity index is 804. The number of rotatable bonds is 5. The van der Waals surface area contributed by atoms with Crippen molar-refractivity contribution in [3.8, 4) is 5.75 Å². The van der Waals surface area contributed by atoms with Crippen LogP contribution in [0.15, 0.2) is 48.5 Å². The highest BCUT2D eigenvalue weighted by molar-refractivity contribution is 6.07. The van der Waals surface area contributed by atoms with Gasteiger partial charge in [0.1, 0.15) is 17.9 Å². The van der Waals surface area contributed by atoms with Gasteiger partial charge in [0, 0.05) is 0 Å². The van der Waals surface area contributed by atoms with E-state index in [1.807, 2.05) is 62.4 Å². The maximum Gasteiger partial charge on any atom is 0.325 e. The lowest BCUT2D eigenvalue weighted by Crippen LogP contribution is -2.41. The number of hydrogen-bond acceptors (Lipinski definition) is 3. The van der Waals surface area contributed by atoms with Crippen LogP contribution in [0.4, 0.5) is 4.79 Å². The van der Waals surface area contributed by atoms with Gasteiger partial charge in [0.25, 0.3) is 5.91 Å². The Morgan fingerprint density at radius 3 is 2.52 bits per heavy atom. The predicted molar refractivity (Wildman–Crippen MR) is 95.4 cm³/mol. The first-order chi connectivity index (χ1) is 11.9. The molecule has 1 N–H and O–H groups in total. The zero-order valence-electron chi connectivity index (χ0n) is 14.7. The highest BCUT2D eigenvalue weighted by Crippen LogP contribution is 2.28. The van der Waals surface area contributed by atoms with Crippen molar-refractivity contribution < 1.29 is 14.3 Å². The molecule has 0 aliphatic carbocycles. The number of nitrogens with one attached hydrogen (secondary N) is 1. The zero-order valence-corrected chi connectivity index (χ0v) is 14.7. The third-order valence-corrected chi connectivity index (χ3v) is 4.54. The lowest BCUT2D eigenvalue weighted by atomic mass is 9.92. The molecule has 130 valence electrons. The summed E-state index contributed by atoms with van der Waals surface area (Å²) < 4.78 is 5.78. The van der Waals surface area contributed by atoms with Crippen molar-refractivity contribution >= 4 is 11.9 Å². The van der Waals surface area contributed by atoms with Crippen LogP contribution >= 0.6 is 0 Å². The van der Waals surface area contributed by atoms with Gasteiger partial charge in [-0.2, -0.15) is 0 Å². The SMILES string of the molecule is Cc1ccc(C)c(OCCN2C(=O)NC(C)(c3ccccc3)C2=O)c1. The van der Waals surface area contributed by atoms with Crippen LogP contribution in [0.1, 0.15) is 23.6 Å². The number of carbonyl (C=O) groups excluding carboxylic acids is 2. The number of carbonyl (C=O) groups is 2. The minimum Gasteiger partial charge on any atom is -0.491 e. The van der Waals surface area contributed by atoms with Crippen LogP contribution in [0.2, 0.25) is 0 Å². The Morgan fingerprint density at radius 1 is 1.08 bits per heavy atom. The molecule has 3 rings (SSSR count). The minimum absolute atomic E-state index is 0.209. The van der Waals surface area contributed by atoms with Crippen LogP contribution in [0.5, 0.6) is 5.75 Å². The number of benzene rings is 2. The molecule has 0 radical (unpaired) electrons. The second-order valence-corrected chi connectivity index (χ2v) is 6.50. The number of amides is 3. The minimum atomic E-state index is -1.03. The van der Waals surface area contributed by atoms with Crippen molar-refractivity contribution in [1.29, 1.82) is 0 Å². The number of urea groups is 1. The molecule has 1 saturated heterocycles. The third kappa shape index (κ3) is 3.22. The van der Waals surface area contributed by atoms with E-state index in [0.717, 1.165) is 22.4 Å². The molecule has 2 aromatic carbocycles. The smallest absolute Gasteiger partial charge is 0.325 e. The number of aryl methyl sites for hydroxylation is 2. The molecule has 25 heavy (non-hydrogen) atoms. The van der Waals surface area contributed by atoms with Crippen LogP contribution in [0, 0.1) is 13.8 Å². The molecule has 3 amide bonds. The summed E-state index contributed by atoms with van der Waals surface area (Å²) in [5, 5.41) is 2.80. The standard InChI is InChI=1S/C20H22N2O3/c1-14-9-10-15(2)17(13-14)25-12-11-22-18(23)20(3,21-19(22)24)16-7-5-4-6-8-16/h4-10,13H,11-12H2,1-3H3,(H,21,24). The quantitative estimate of drug-likeness (QED) is 0.852. The Labute approximate surface area is 147 Å². The fourth-order valence-electron chi connectivity index (χ4n) is 2.98. The molecule has 1 unspecified atom stereocenters. The lowest BCUT2D eigenvalue weighted by Gasteiger charge is -2.22. The van der Waals surface area contributed by atoms with Crippen LogP contribution < -0.4 is 10.1 Å². The zero-order chi connectivity index (χ0) is 18.0. The predicted octanol–water partition coefficient (Wildman–Crippen LogP) is 3.15. The molecule has 1 atom stereocenters. The Morgan fingerprint density at radius 2 is 1.80 bits per heavy atom. The number of nitrogens with zero attached hydrogens (tertiary/aromatic N) is 1. The Balaban J connectivity index is 1.68. The van der Waals surface area contributed by atoms with E-state index in [-0.39, 0.29) is 25.1 Å². The van der Waals surface area contributed by atoms with Gasteiger partial charge in [0.05, 0.1) is 6.54 Å². The number of imide groups is 1. The van der Waals surface area contributed by atoms with Crippen LogP contribution in [-0.2, 0) is 10.3 Å². The molecule has 1 fully saturated rings. The second-order valence-electron chi connectivity index (χ2n) is 6.50. The van der Waals surface area contributed by atoms with Gasteiger partial charge in [-0.1, -0.05) is 42.5 Å². The van der Waals surface area contributed by atoms with Gasteiger partial charge in [-0.25, -0.2) is 4.79 Å². The first-order valence-corrected chi connectivity index (χ1v) is 8.31. The Hall–Kier alpha value is -2.82. The van der Waals surface area contributed by atoms with E-state index in [9.17, 15) is 9.59 Å². The number of hydrogen-bond donors (Lipinski definition) is 1. The van der Waals surface area contributed by atoms with Crippen molar-refractivity contribution in [2.24, 2.45) is 0 Å². The number of ether oxygens (including phenoxy) is 1. The first-order valence-electron chi connectivity index (χ1n) is 8.31. The highest BCUT2D eigenvalue weighted by Gasteiger charge is 2.48. The van der Waals surface area contributed by atoms with Crippen LogP contribution in [0.25, 0.3) is 0 Å². The second kappa shape index (κ2) is 6.59. The molecule has 5 heteroatoms. The fourth-order valence-corrected chi connectivity index (χ4v) is 2.98. The van der Waals surface area contributed by atoms with E-state index < -0.39 is 5.54 Å².